The molecule has 0 bridgehead atoms. The zero-order valence-corrected chi connectivity index (χ0v) is 15.0. The number of esters is 1. The number of nitrogens with one attached hydrogen (secondary N) is 1. The summed E-state index contributed by atoms with van der Waals surface area (Å²) in [6.45, 7) is 3.99. The number of halogens is 2. The lowest BCUT2D eigenvalue weighted by atomic mass is 10.0. The molecule has 0 fully saturated rings. The number of aliphatic hydroxyl groups is 1. The number of nitrogens with zero attached hydrogens (tertiary/aromatic N) is 2. The Balaban J connectivity index is 2.57. The largest absolute Gasteiger partial charge is 0.475 e. The van der Waals surface area contributed by atoms with Crippen LogP contribution in [0, 0.1) is 5.82 Å². The van der Waals surface area contributed by atoms with Crippen LogP contribution in [0.3, 0.4) is 0 Å². The number of alkyl halides is 1. The molecule has 1 aromatic carbocycles. The normalized spacial score (nSPS) is 12.7. The van der Waals surface area contributed by atoms with Gasteiger partial charge < -0.3 is 19.9 Å². The number of rotatable bonds is 7. The van der Waals surface area contributed by atoms with E-state index >= 15 is 0 Å². The fourth-order valence-electron chi connectivity index (χ4n) is 2.35. The molecule has 0 spiro atoms. The smallest absolute Gasteiger partial charge is 0.330 e. The van der Waals surface area contributed by atoms with E-state index in [-0.39, 0.29) is 41.5 Å². The molecule has 26 heavy (non-hydrogen) atoms. The summed E-state index contributed by atoms with van der Waals surface area (Å²) in [5.74, 6) is -1.54. The molecule has 0 radical (unpaired) electrons. The Labute approximate surface area is 149 Å². The van der Waals surface area contributed by atoms with Gasteiger partial charge in [-0.1, -0.05) is 0 Å². The van der Waals surface area contributed by atoms with Crippen LogP contribution in [0.15, 0.2) is 12.1 Å². The first-order valence-electron chi connectivity index (χ1n) is 7.95. The Morgan fingerprint density at radius 2 is 2.08 bits per heavy atom. The number of anilines is 1. The van der Waals surface area contributed by atoms with E-state index in [1.807, 2.05) is 0 Å². The second-order valence-corrected chi connectivity index (χ2v) is 6.17. The lowest BCUT2D eigenvalue weighted by Gasteiger charge is -2.24. The zero-order chi connectivity index (χ0) is 19.5. The number of hydrogen-bond donors (Lipinski definition) is 2. The highest BCUT2D eigenvalue weighted by atomic mass is 19.1. The standard InChI is InChI=1S/C17H21F2N3O4/c1-9(18)14-20-13-11(15(21-14)26-6-5-23)7-10(8-12(13)19)22-17(2,3)16(24)25-4/h7-9,22-23H,5-6H2,1-4H3. The summed E-state index contributed by atoms with van der Waals surface area (Å²) in [5.41, 5.74) is -0.965. The molecule has 0 aliphatic heterocycles. The van der Waals surface area contributed by atoms with Crippen molar-refractivity contribution in [3.8, 4) is 5.88 Å². The van der Waals surface area contributed by atoms with Crippen LogP contribution in [0.2, 0.25) is 0 Å². The lowest BCUT2D eigenvalue weighted by molar-refractivity contribution is -0.144. The van der Waals surface area contributed by atoms with E-state index in [0.29, 0.717) is 0 Å². The Kier molecular flexibility index (Phi) is 5.91. The maximum Gasteiger partial charge on any atom is 0.330 e. The summed E-state index contributed by atoms with van der Waals surface area (Å²) >= 11 is 0. The van der Waals surface area contributed by atoms with E-state index in [1.54, 1.807) is 13.8 Å². The highest BCUT2D eigenvalue weighted by Gasteiger charge is 2.29. The van der Waals surface area contributed by atoms with Crippen molar-refractivity contribution in [2.75, 3.05) is 25.6 Å². The molecule has 1 atom stereocenters. The van der Waals surface area contributed by atoms with Crippen molar-refractivity contribution in [1.82, 2.24) is 9.97 Å². The number of fused-ring (bicyclic) bond motifs is 1. The molecule has 7 nitrogen and oxygen atoms in total. The molecule has 1 aromatic heterocycles. The summed E-state index contributed by atoms with van der Waals surface area (Å²) < 4.78 is 38.2. The van der Waals surface area contributed by atoms with Gasteiger partial charge in [0.15, 0.2) is 17.8 Å². The minimum Gasteiger partial charge on any atom is -0.475 e. The third-order valence-electron chi connectivity index (χ3n) is 3.57. The van der Waals surface area contributed by atoms with Gasteiger partial charge >= 0.3 is 5.97 Å². The van der Waals surface area contributed by atoms with Gasteiger partial charge in [0, 0.05) is 5.69 Å². The highest BCUT2D eigenvalue weighted by Crippen LogP contribution is 2.31. The molecular weight excluding hydrogens is 348 g/mol. The van der Waals surface area contributed by atoms with Crippen molar-refractivity contribution in [2.45, 2.75) is 32.5 Å². The predicted molar refractivity (Wildman–Crippen MR) is 91.3 cm³/mol. The average molecular weight is 369 g/mol. The second-order valence-electron chi connectivity index (χ2n) is 6.17. The Morgan fingerprint density at radius 1 is 1.38 bits per heavy atom. The van der Waals surface area contributed by atoms with Gasteiger partial charge in [-0.3, -0.25) is 0 Å². The summed E-state index contributed by atoms with van der Waals surface area (Å²) in [5, 5.41) is 12.0. The quantitative estimate of drug-likeness (QED) is 0.725. The molecule has 0 aliphatic rings. The summed E-state index contributed by atoms with van der Waals surface area (Å²) in [7, 11) is 1.25. The van der Waals surface area contributed by atoms with Gasteiger partial charge in [-0.25, -0.2) is 18.6 Å². The summed E-state index contributed by atoms with van der Waals surface area (Å²) in [6.07, 6.45) is -1.52. The van der Waals surface area contributed by atoms with Crippen LogP contribution in [0.1, 0.15) is 32.8 Å². The van der Waals surface area contributed by atoms with Gasteiger partial charge in [-0.2, -0.15) is 4.98 Å². The van der Waals surface area contributed by atoms with E-state index in [2.05, 4.69) is 15.3 Å². The predicted octanol–water partition coefficient (Wildman–Crippen LogP) is 2.53. The lowest BCUT2D eigenvalue weighted by Crippen LogP contribution is -2.41. The molecular formula is C17H21F2N3O4. The number of hydrogen-bond acceptors (Lipinski definition) is 7. The van der Waals surface area contributed by atoms with E-state index in [0.717, 1.165) is 6.07 Å². The second kappa shape index (κ2) is 7.77. The maximum absolute atomic E-state index is 14.6. The monoisotopic (exact) mass is 369 g/mol. The van der Waals surface area contributed by atoms with E-state index in [1.165, 1.54) is 20.1 Å². The minimum absolute atomic E-state index is 0.0537. The molecule has 9 heteroatoms. The topological polar surface area (TPSA) is 93.6 Å². The van der Waals surface area contributed by atoms with Crippen molar-refractivity contribution >= 4 is 22.6 Å². The van der Waals surface area contributed by atoms with Crippen LogP contribution >= 0.6 is 0 Å². The minimum atomic E-state index is -1.52. The molecule has 0 saturated heterocycles. The fraction of sp³-hybridized carbons (Fsp3) is 0.471. The molecule has 1 heterocycles. The van der Waals surface area contributed by atoms with Crippen molar-refractivity contribution in [2.24, 2.45) is 0 Å². The molecule has 0 saturated carbocycles. The fourth-order valence-corrected chi connectivity index (χ4v) is 2.35. The van der Waals surface area contributed by atoms with Crippen LogP contribution in [0.25, 0.3) is 10.9 Å². The van der Waals surface area contributed by atoms with E-state index in [4.69, 9.17) is 14.6 Å². The molecule has 2 N–H and O–H groups in total. The third kappa shape index (κ3) is 4.16. The van der Waals surface area contributed by atoms with E-state index < -0.39 is 23.5 Å². The number of aliphatic hydroxyl groups excluding tert-OH is 1. The molecule has 142 valence electrons. The first kappa shape index (κ1) is 19.8. The number of methoxy groups -OCH3 is 1. The Bertz CT molecular complexity index is 812. The van der Waals surface area contributed by atoms with Crippen LogP contribution < -0.4 is 10.1 Å². The number of carbonyl (C=O) groups excluding carboxylic acids is 1. The molecule has 2 rings (SSSR count). The van der Waals surface area contributed by atoms with Crippen LogP contribution in [-0.4, -0.2) is 46.9 Å². The average Bonchev–Trinajstić information content (AvgIpc) is 2.58. The van der Waals surface area contributed by atoms with Gasteiger partial charge in [-0.15, -0.1) is 0 Å². The molecule has 0 amide bonds. The highest BCUT2D eigenvalue weighted by molar-refractivity contribution is 5.89. The summed E-state index contributed by atoms with van der Waals surface area (Å²) in [6, 6.07) is 2.63. The van der Waals surface area contributed by atoms with Crippen molar-refractivity contribution < 1.29 is 28.2 Å². The van der Waals surface area contributed by atoms with Crippen molar-refractivity contribution in [3.63, 3.8) is 0 Å². The molecule has 2 aromatic rings. The van der Waals surface area contributed by atoms with Crippen molar-refractivity contribution in [1.29, 1.82) is 0 Å². The van der Waals surface area contributed by atoms with Crippen LogP contribution in [-0.2, 0) is 9.53 Å². The Hall–Kier alpha value is -2.55. The number of benzene rings is 1. The SMILES string of the molecule is COC(=O)C(C)(C)Nc1cc(F)c2nc(C(C)F)nc(OCCO)c2c1. The number of ether oxygens (including phenoxy) is 2. The summed E-state index contributed by atoms with van der Waals surface area (Å²) in [4.78, 5) is 19.7. The molecule has 1 unspecified atom stereocenters. The number of carbonyl (C=O) groups is 1. The Morgan fingerprint density at radius 3 is 2.65 bits per heavy atom. The third-order valence-corrected chi connectivity index (χ3v) is 3.57. The van der Waals surface area contributed by atoms with Gasteiger partial charge in [0.05, 0.1) is 19.1 Å². The first-order valence-corrected chi connectivity index (χ1v) is 7.95. The van der Waals surface area contributed by atoms with Gasteiger partial charge in [0.1, 0.15) is 17.7 Å². The van der Waals surface area contributed by atoms with Crippen LogP contribution in [0.4, 0.5) is 14.5 Å². The molecule has 0 aliphatic carbocycles. The maximum atomic E-state index is 14.6. The van der Waals surface area contributed by atoms with Crippen molar-refractivity contribution in [3.05, 3.63) is 23.8 Å². The van der Waals surface area contributed by atoms with Gasteiger partial charge in [0.2, 0.25) is 5.88 Å². The van der Waals surface area contributed by atoms with E-state index in [9.17, 15) is 13.6 Å². The van der Waals surface area contributed by atoms with Gasteiger partial charge in [-0.05, 0) is 32.9 Å². The first-order chi connectivity index (χ1) is 12.2. The zero-order valence-electron chi connectivity index (χ0n) is 15.0. The van der Waals surface area contributed by atoms with Crippen LogP contribution in [0.5, 0.6) is 5.88 Å². The van der Waals surface area contributed by atoms with Gasteiger partial charge in [0.25, 0.3) is 0 Å². The number of aromatic nitrogens is 2.